The number of halogens is 1. The van der Waals surface area contributed by atoms with Crippen molar-refractivity contribution in [3.63, 3.8) is 0 Å². The lowest BCUT2D eigenvalue weighted by atomic mass is 10.1. The summed E-state index contributed by atoms with van der Waals surface area (Å²) in [6, 6.07) is 5.95. The molecule has 2 rings (SSSR count). The molecule has 90 valence electrons. The van der Waals surface area contributed by atoms with Crippen LogP contribution >= 0.6 is 15.9 Å². The van der Waals surface area contributed by atoms with Crippen LogP contribution in [0.25, 0.3) is 0 Å². The zero-order valence-corrected chi connectivity index (χ0v) is 11.8. The topological polar surface area (TPSA) is 20.3 Å². The Morgan fingerprint density at radius 1 is 1.41 bits per heavy atom. The van der Waals surface area contributed by atoms with Crippen LogP contribution in [0.4, 0.5) is 5.69 Å². The highest BCUT2D eigenvalue weighted by molar-refractivity contribution is 9.10. The van der Waals surface area contributed by atoms with Gasteiger partial charge >= 0.3 is 0 Å². The highest BCUT2D eigenvalue weighted by atomic mass is 79.9. The Hall–Kier alpha value is -1.09. The van der Waals surface area contributed by atoms with Crippen LogP contribution in [-0.2, 0) is 0 Å². The minimum Gasteiger partial charge on any atom is -0.367 e. The van der Waals surface area contributed by atoms with E-state index in [1.54, 1.807) is 6.92 Å². The van der Waals surface area contributed by atoms with Crippen molar-refractivity contribution < 1.29 is 4.79 Å². The van der Waals surface area contributed by atoms with Crippen molar-refractivity contribution >= 4 is 27.4 Å². The van der Waals surface area contributed by atoms with E-state index in [4.69, 9.17) is 0 Å². The lowest BCUT2D eigenvalue weighted by Gasteiger charge is -2.28. The molecule has 1 aromatic carbocycles. The quantitative estimate of drug-likeness (QED) is 0.610. The van der Waals surface area contributed by atoms with Gasteiger partial charge in [-0.3, -0.25) is 4.79 Å². The first-order valence-electron chi connectivity index (χ1n) is 5.79. The predicted octanol–water partition coefficient (Wildman–Crippen LogP) is 3.81. The normalized spacial score (nSPS) is 15.7. The third-order valence-corrected chi connectivity index (χ3v) is 3.79. The van der Waals surface area contributed by atoms with Crippen molar-refractivity contribution in [2.75, 3.05) is 18.0 Å². The fourth-order valence-corrected chi connectivity index (χ4v) is 2.64. The maximum Gasteiger partial charge on any atom is 0.160 e. The van der Waals surface area contributed by atoms with Crippen LogP contribution < -0.4 is 4.90 Å². The van der Waals surface area contributed by atoms with Gasteiger partial charge in [-0.15, -0.1) is 0 Å². The molecular formula is C14H16BrNO. The van der Waals surface area contributed by atoms with Gasteiger partial charge in [0.15, 0.2) is 5.78 Å². The van der Waals surface area contributed by atoms with Gasteiger partial charge in [0.2, 0.25) is 0 Å². The van der Waals surface area contributed by atoms with Gasteiger partial charge in [0.25, 0.3) is 0 Å². The molecular weight excluding hydrogens is 278 g/mol. The minimum absolute atomic E-state index is 0.0952. The SMILES string of the molecule is CC(=O)c1ccc(N2CC=C(C)CC2)cc1Br. The first-order chi connectivity index (χ1) is 8.08. The molecule has 2 nitrogen and oxygen atoms in total. The largest absolute Gasteiger partial charge is 0.367 e. The second kappa shape index (κ2) is 5.05. The Kier molecular flexibility index (Phi) is 3.67. The van der Waals surface area contributed by atoms with Gasteiger partial charge in [0.1, 0.15) is 0 Å². The van der Waals surface area contributed by atoms with Crippen molar-refractivity contribution in [2.24, 2.45) is 0 Å². The fourth-order valence-electron chi connectivity index (χ4n) is 1.99. The lowest BCUT2D eigenvalue weighted by molar-refractivity contribution is 0.101. The summed E-state index contributed by atoms with van der Waals surface area (Å²) in [6.45, 7) is 5.77. The summed E-state index contributed by atoms with van der Waals surface area (Å²) in [5, 5.41) is 0. The van der Waals surface area contributed by atoms with Crippen LogP contribution in [0.3, 0.4) is 0 Å². The Balaban J connectivity index is 2.23. The second-order valence-electron chi connectivity index (χ2n) is 4.47. The number of rotatable bonds is 2. The van der Waals surface area contributed by atoms with Crippen molar-refractivity contribution in [3.05, 3.63) is 39.9 Å². The van der Waals surface area contributed by atoms with Crippen LogP contribution in [0.15, 0.2) is 34.3 Å². The average molecular weight is 294 g/mol. The van der Waals surface area contributed by atoms with E-state index in [0.717, 1.165) is 29.5 Å². The highest BCUT2D eigenvalue weighted by Crippen LogP contribution is 2.26. The number of benzene rings is 1. The Morgan fingerprint density at radius 3 is 2.71 bits per heavy atom. The fraction of sp³-hybridized carbons (Fsp3) is 0.357. The van der Waals surface area contributed by atoms with Crippen LogP contribution in [0, 0.1) is 0 Å². The second-order valence-corrected chi connectivity index (χ2v) is 5.32. The molecule has 0 bridgehead atoms. The highest BCUT2D eigenvalue weighted by Gasteiger charge is 2.12. The summed E-state index contributed by atoms with van der Waals surface area (Å²) in [5.41, 5.74) is 3.38. The number of carbonyl (C=O) groups is 1. The zero-order chi connectivity index (χ0) is 12.4. The summed E-state index contributed by atoms with van der Waals surface area (Å²) in [5.74, 6) is 0.0952. The third kappa shape index (κ3) is 2.78. The first-order valence-corrected chi connectivity index (χ1v) is 6.58. The van der Waals surface area contributed by atoms with E-state index in [2.05, 4.69) is 33.8 Å². The molecule has 0 saturated heterocycles. The van der Waals surface area contributed by atoms with Crippen LogP contribution in [-0.4, -0.2) is 18.9 Å². The molecule has 1 heterocycles. The van der Waals surface area contributed by atoms with Crippen molar-refractivity contribution in [1.29, 1.82) is 0 Å². The molecule has 0 N–H and O–H groups in total. The summed E-state index contributed by atoms with van der Waals surface area (Å²) >= 11 is 3.46. The van der Waals surface area contributed by atoms with E-state index in [-0.39, 0.29) is 5.78 Å². The standard InChI is InChI=1S/C14H16BrNO/c1-10-5-7-16(8-6-10)12-3-4-13(11(2)17)14(15)9-12/h3-5,9H,6-8H2,1-2H3. The molecule has 0 aromatic heterocycles. The molecule has 0 radical (unpaired) electrons. The van der Waals surface area contributed by atoms with Crippen LogP contribution in [0.1, 0.15) is 30.6 Å². The number of anilines is 1. The molecule has 3 heteroatoms. The maximum atomic E-state index is 11.3. The monoisotopic (exact) mass is 293 g/mol. The Morgan fingerprint density at radius 2 is 2.18 bits per heavy atom. The molecule has 0 atom stereocenters. The maximum absolute atomic E-state index is 11.3. The van der Waals surface area contributed by atoms with Gasteiger partial charge in [-0.1, -0.05) is 11.6 Å². The number of carbonyl (C=O) groups excluding carboxylic acids is 1. The molecule has 0 saturated carbocycles. The van der Waals surface area contributed by atoms with E-state index < -0.39 is 0 Å². The Labute approximate surface area is 110 Å². The van der Waals surface area contributed by atoms with Gasteiger partial charge in [0.05, 0.1) is 0 Å². The van der Waals surface area contributed by atoms with Gasteiger partial charge < -0.3 is 4.90 Å². The molecule has 1 aliphatic heterocycles. The molecule has 0 unspecified atom stereocenters. The molecule has 1 aliphatic rings. The number of hydrogen-bond acceptors (Lipinski definition) is 2. The molecule has 1 aromatic rings. The smallest absolute Gasteiger partial charge is 0.160 e. The minimum atomic E-state index is 0.0952. The van der Waals surface area contributed by atoms with Gasteiger partial charge in [-0.25, -0.2) is 0 Å². The average Bonchev–Trinajstić information content (AvgIpc) is 2.29. The number of nitrogens with zero attached hydrogens (tertiary/aromatic N) is 1. The van der Waals surface area contributed by atoms with E-state index in [1.807, 2.05) is 18.2 Å². The van der Waals surface area contributed by atoms with E-state index in [1.165, 1.54) is 11.3 Å². The van der Waals surface area contributed by atoms with Crippen LogP contribution in [0.2, 0.25) is 0 Å². The predicted molar refractivity (Wildman–Crippen MR) is 74.7 cm³/mol. The Bertz CT molecular complexity index is 479. The summed E-state index contributed by atoms with van der Waals surface area (Å²) < 4.78 is 0.883. The van der Waals surface area contributed by atoms with E-state index in [0.29, 0.717) is 0 Å². The van der Waals surface area contributed by atoms with Crippen LogP contribution in [0.5, 0.6) is 0 Å². The summed E-state index contributed by atoms with van der Waals surface area (Å²) in [6.07, 6.45) is 3.38. The summed E-state index contributed by atoms with van der Waals surface area (Å²) in [4.78, 5) is 13.7. The van der Waals surface area contributed by atoms with Crippen molar-refractivity contribution in [3.8, 4) is 0 Å². The first kappa shape index (κ1) is 12.4. The van der Waals surface area contributed by atoms with E-state index in [9.17, 15) is 4.79 Å². The molecule has 0 spiro atoms. The van der Waals surface area contributed by atoms with Gasteiger partial charge in [-0.05, 0) is 54.4 Å². The number of Topliss-reactive ketones (excluding diaryl/α,β-unsaturated/α-hetero) is 1. The summed E-state index contributed by atoms with van der Waals surface area (Å²) in [7, 11) is 0. The van der Waals surface area contributed by atoms with Gasteiger partial charge in [0, 0.05) is 28.8 Å². The molecule has 17 heavy (non-hydrogen) atoms. The lowest BCUT2D eigenvalue weighted by Crippen LogP contribution is -2.28. The molecule has 0 amide bonds. The zero-order valence-electron chi connectivity index (χ0n) is 10.2. The van der Waals surface area contributed by atoms with E-state index >= 15 is 0 Å². The molecule has 0 fully saturated rings. The third-order valence-electron chi connectivity index (χ3n) is 3.13. The van der Waals surface area contributed by atoms with Crippen molar-refractivity contribution in [1.82, 2.24) is 0 Å². The molecule has 0 aliphatic carbocycles. The number of ketones is 1. The number of hydrogen-bond donors (Lipinski definition) is 0. The van der Waals surface area contributed by atoms with Crippen molar-refractivity contribution in [2.45, 2.75) is 20.3 Å². The van der Waals surface area contributed by atoms with Gasteiger partial charge in [-0.2, -0.15) is 0 Å².